The first-order chi connectivity index (χ1) is 8.83. The summed E-state index contributed by atoms with van der Waals surface area (Å²) in [7, 11) is 0. The lowest BCUT2D eigenvalue weighted by atomic mass is 10.1. The van der Waals surface area contributed by atoms with Gasteiger partial charge in [-0.15, -0.1) is 0 Å². The molecule has 1 aliphatic rings. The first-order valence-corrected chi connectivity index (χ1v) is 6.27. The van der Waals surface area contributed by atoms with Crippen molar-refractivity contribution in [3.8, 4) is 0 Å². The van der Waals surface area contributed by atoms with E-state index in [0.717, 1.165) is 31.6 Å². The molecular formula is C13H16N4O. The van der Waals surface area contributed by atoms with Crippen molar-refractivity contribution >= 4 is 11.6 Å². The van der Waals surface area contributed by atoms with E-state index in [2.05, 4.69) is 15.6 Å². The van der Waals surface area contributed by atoms with Gasteiger partial charge < -0.3 is 15.0 Å². The van der Waals surface area contributed by atoms with Gasteiger partial charge in [0, 0.05) is 31.2 Å². The van der Waals surface area contributed by atoms with Gasteiger partial charge in [0.1, 0.15) is 5.65 Å². The molecule has 1 fully saturated rings. The first kappa shape index (κ1) is 11.2. The number of piperidine rings is 1. The number of aromatic nitrogens is 2. The number of amides is 1. The highest BCUT2D eigenvalue weighted by molar-refractivity contribution is 5.94. The molecule has 1 atom stereocenters. The van der Waals surface area contributed by atoms with Crippen molar-refractivity contribution < 1.29 is 4.79 Å². The van der Waals surface area contributed by atoms with E-state index in [1.54, 1.807) is 6.20 Å². The molecule has 3 rings (SSSR count). The Morgan fingerprint density at radius 1 is 1.50 bits per heavy atom. The fourth-order valence-electron chi connectivity index (χ4n) is 2.30. The number of nitrogens with zero attached hydrogens (tertiary/aromatic N) is 2. The third kappa shape index (κ3) is 2.22. The Bertz CT molecular complexity index is 557. The van der Waals surface area contributed by atoms with Crippen LogP contribution in [0.2, 0.25) is 0 Å². The highest BCUT2D eigenvalue weighted by atomic mass is 16.1. The minimum Gasteiger partial charge on any atom is -0.348 e. The Kier molecular flexibility index (Phi) is 2.98. The SMILES string of the molecule is O=C(N[C@H]1CCCNC1)c1ccc2nccn2c1. The molecule has 5 heteroatoms. The van der Waals surface area contributed by atoms with Gasteiger partial charge in [-0.25, -0.2) is 4.98 Å². The van der Waals surface area contributed by atoms with Crippen molar-refractivity contribution in [1.29, 1.82) is 0 Å². The summed E-state index contributed by atoms with van der Waals surface area (Å²) in [5.74, 6) is -0.0145. The zero-order valence-corrected chi connectivity index (χ0v) is 10.1. The lowest BCUT2D eigenvalue weighted by Gasteiger charge is -2.23. The van der Waals surface area contributed by atoms with Crippen molar-refractivity contribution in [3.05, 3.63) is 36.3 Å². The number of carbonyl (C=O) groups excluding carboxylic acids is 1. The summed E-state index contributed by atoms with van der Waals surface area (Å²) in [6.07, 6.45) is 7.54. The molecule has 94 valence electrons. The van der Waals surface area contributed by atoms with Crippen LogP contribution >= 0.6 is 0 Å². The molecule has 1 aliphatic heterocycles. The zero-order chi connectivity index (χ0) is 12.4. The van der Waals surface area contributed by atoms with Gasteiger partial charge in [0.25, 0.3) is 5.91 Å². The molecule has 1 saturated heterocycles. The molecule has 0 saturated carbocycles. The summed E-state index contributed by atoms with van der Waals surface area (Å²) in [4.78, 5) is 16.3. The molecule has 1 amide bonds. The van der Waals surface area contributed by atoms with Crippen LogP contribution in [0.3, 0.4) is 0 Å². The second kappa shape index (κ2) is 4.78. The van der Waals surface area contributed by atoms with E-state index >= 15 is 0 Å². The Hall–Kier alpha value is -1.88. The van der Waals surface area contributed by atoms with Crippen LogP contribution in [0.15, 0.2) is 30.7 Å². The van der Waals surface area contributed by atoms with Crippen molar-refractivity contribution in [2.24, 2.45) is 0 Å². The summed E-state index contributed by atoms with van der Waals surface area (Å²) >= 11 is 0. The maximum atomic E-state index is 12.1. The number of imidazole rings is 1. The maximum Gasteiger partial charge on any atom is 0.253 e. The van der Waals surface area contributed by atoms with E-state index in [1.165, 1.54) is 0 Å². The molecular weight excluding hydrogens is 228 g/mol. The molecule has 2 N–H and O–H groups in total. The molecule has 0 unspecified atom stereocenters. The van der Waals surface area contributed by atoms with Crippen LogP contribution in [0.1, 0.15) is 23.2 Å². The molecule has 18 heavy (non-hydrogen) atoms. The highest BCUT2D eigenvalue weighted by Gasteiger charge is 2.16. The van der Waals surface area contributed by atoms with E-state index in [1.807, 2.05) is 28.9 Å². The lowest BCUT2D eigenvalue weighted by molar-refractivity contribution is 0.0930. The third-order valence-electron chi connectivity index (χ3n) is 3.28. The van der Waals surface area contributed by atoms with Crippen LogP contribution in [0.4, 0.5) is 0 Å². The summed E-state index contributed by atoms with van der Waals surface area (Å²) < 4.78 is 1.86. The van der Waals surface area contributed by atoms with Gasteiger partial charge in [-0.1, -0.05) is 0 Å². The van der Waals surface area contributed by atoms with E-state index < -0.39 is 0 Å². The zero-order valence-electron chi connectivity index (χ0n) is 10.1. The topological polar surface area (TPSA) is 58.4 Å². The third-order valence-corrected chi connectivity index (χ3v) is 3.28. The summed E-state index contributed by atoms with van der Waals surface area (Å²) in [6, 6.07) is 3.91. The van der Waals surface area contributed by atoms with Crippen molar-refractivity contribution in [2.45, 2.75) is 18.9 Å². The van der Waals surface area contributed by atoms with Gasteiger partial charge in [0.15, 0.2) is 0 Å². The Morgan fingerprint density at radius 3 is 3.28 bits per heavy atom. The summed E-state index contributed by atoms with van der Waals surface area (Å²) in [5, 5.41) is 6.34. The highest BCUT2D eigenvalue weighted by Crippen LogP contribution is 2.07. The van der Waals surface area contributed by atoms with Crippen LogP contribution < -0.4 is 10.6 Å². The molecule has 0 bridgehead atoms. The number of rotatable bonds is 2. The standard InChI is InChI=1S/C13H16N4O/c18-13(16-11-2-1-5-14-8-11)10-3-4-12-15-6-7-17(12)9-10/h3-4,6-7,9,11,14H,1-2,5,8H2,(H,16,18)/t11-/m0/s1. The molecule has 0 spiro atoms. The number of hydrogen-bond donors (Lipinski definition) is 2. The predicted molar refractivity (Wildman–Crippen MR) is 68.5 cm³/mol. The van der Waals surface area contributed by atoms with Crippen molar-refractivity contribution in [3.63, 3.8) is 0 Å². The number of fused-ring (bicyclic) bond motifs is 1. The first-order valence-electron chi connectivity index (χ1n) is 6.27. The Morgan fingerprint density at radius 2 is 2.44 bits per heavy atom. The van der Waals surface area contributed by atoms with Gasteiger partial charge in [0.05, 0.1) is 5.56 Å². The number of pyridine rings is 1. The van der Waals surface area contributed by atoms with E-state index in [0.29, 0.717) is 5.56 Å². The van der Waals surface area contributed by atoms with Crippen LogP contribution in [0.5, 0.6) is 0 Å². The number of nitrogens with one attached hydrogen (secondary N) is 2. The van der Waals surface area contributed by atoms with E-state index in [-0.39, 0.29) is 11.9 Å². The minimum atomic E-state index is -0.0145. The monoisotopic (exact) mass is 244 g/mol. The van der Waals surface area contributed by atoms with Gasteiger partial charge in [-0.2, -0.15) is 0 Å². The van der Waals surface area contributed by atoms with Crippen LogP contribution in [-0.4, -0.2) is 34.4 Å². The largest absolute Gasteiger partial charge is 0.348 e. The Balaban J connectivity index is 1.74. The quantitative estimate of drug-likeness (QED) is 0.822. The summed E-state index contributed by atoms with van der Waals surface area (Å²) in [5.41, 5.74) is 1.52. The molecule has 0 aromatic carbocycles. The van der Waals surface area contributed by atoms with Crippen molar-refractivity contribution in [1.82, 2.24) is 20.0 Å². The normalized spacial score (nSPS) is 19.9. The molecule has 0 aliphatic carbocycles. The lowest BCUT2D eigenvalue weighted by Crippen LogP contribution is -2.45. The van der Waals surface area contributed by atoms with Crippen LogP contribution in [0.25, 0.3) is 5.65 Å². The molecule has 2 aromatic heterocycles. The smallest absolute Gasteiger partial charge is 0.253 e. The van der Waals surface area contributed by atoms with Gasteiger partial charge in [-0.3, -0.25) is 4.79 Å². The van der Waals surface area contributed by atoms with Gasteiger partial charge >= 0.3 is 0 Å². The fourth-order valence-corrected chi connectivity index (χ4v) is 2.30. The maximum absolute atomic E-state index is 12.1. The molecule has 0 radical (unpaired) electrons. The van der Waals surface area contributed by atoms with Crippen LogP contribution in [0, 0.1) is 0 Å². The molecule has 5 nitrogen and oxygen atoms in total. The summed E-state index contributed by atoms with van der Waals surface area (Å²) in [6.45, 7) is 1.91. The van der Waals surface area contributed by atoms with Crippen molar-refractivity contribution in [2.75, 3.05) is 13.1 Å². The Labute approximate surface area is 105 Å². The predicted octanol–water partition coefficient (Wildman–Crippen LogP) is 0.816. The van der Waals surface area contributed by atoms with Gasteiger partial charge in [0.2, 0.25) is 0 Å². The number of hydrogen-bond acceptors (Lipinski definition) is 3. The molecule has 2 aromatic rings. The van der Waals surface area contributed by atoms with E-state index in [4.69, 9.17) is 0 Å². The average Bonchev–Trinajstić information content (AvgIpc) is 2.87. The second-order valence-electron chi connectivity index (χ2n) is 4.63. The fraction of sp³-hybridized carbons (Fsp3) is 0.385. The minimum absolute atomic E-state index is 0.0145. The van der Waals surface area contributed by atoms with Crippen LogP contribution in [-0.2, 0) is 0 Å². The average molecular weight is 244 g/mol. The number of carbonyl (C=O) groups is 1. The van der Waals surface area contributed by atoms with Gasteiger partial charge in [-0.05, 0) is 31.5 Å². The second-order valence-corrected chi connectivity index (χ2v) is 4.63. The molecule has 3 heterocycles. The van der Waals surface area contributed by atoms with E-state index in [9.17, 15) is 4.79 Å².